The van der Waals surface area contributed by atoms with Crippen molar-refractivity contribution < 1.29 is 14.1 Å². The molecule has 4 heterocycles. The molecule has 3 unspecified atom stereocenters. The highest BCUT2D eigenvalue weighted by Crippen LogP contribution is 2.35. The van der Waals surface area contributed by atoms with Crippen molar-refractivity contribution >= 4 is 17.6 Å². The van der Waals surface area contributed by atoms with Gasteiger partial charge in [-0.2, -0.15) is 0 Å². The Morgan fingerprint density at radius 2 is 1.95 bits per heavy atom. The number of pyridine rings is 1. The van der Waals surface area contributed by atoms with Crippen molar-refractivity contribution in [1.82, 2.24) is 20.4 Å². The maximum atomic E-state index is 13.7. The summed E-state index contributed by atoms with van der Waals surface area (Å²) in [5.41, 5.74) is 3.54. The number of carbonyl (C=O) groups is 2. The van der Waals surface area contributed by atoms with Crippen LogP contribution in [0.5, 0.6) is 0 Å². The van der Waals surface area contributed by atoms with Gasteiger partial charge in [0.15, 0.2) is 5.54 Å². The molecule has 0 bridgehead atoms. The first-order valence-corrected chi connectivity index (χ1v) is 12.9. The fourth-order valence-corrected chi connectivity index (χ4v) is 5.43. The normalized spacial score (nSPS) is 22.3. The summed E-state index contributed by atoms with van der Waals surface area (Å²) in [6, 6.07) is 13.4. The molecular formula is C29H33N5O3. The van der Waals surface area contributed by atoms with Crippen LogP contribution in [-0.4, -0.2) is 45.3 Å². The van der Waals surface area contributed by atoms with Gasteiger partial charge in [-0.15, -0.1) is 0 Å². The third kappa shape index (κ3) is 4.45. The third-order valence-electron chi connectivity index (χ3n) is 7.53. The van der Waals surface area contributed by atoms with Crippen LogP contribution in [0.25, 0.3) is 11.1 Å². The first kappa shape index (κ1) is 24.9. The van der Waals surface area contributed by atoms with Gasteiger partial charge in [0.25, 0.3) is 5.91 Å². The predicted molar refractivity (Wildman–Crippen MR) is 141 cm³/mol. The van der Waals surface area contributed by atoms with Crippen LogP contribution in [0.2, 0.25) is 0 Å². The summed E-state index contributed by atoms with van der Waals surface area (Å²) in [5.74, 6) is 0.535. The third-order valence-corrected chi connectivity index (χ3v) is 7.53. The first-order valence-electron chi connectivity index (χ1n) is 12.9. The van der Waals surface area contributed by atoms with Gasteiger partial charge in [0.2, 0.25) is 5.91 Å². The van der Waals surface area contributed by atoms with E-state index in [0.717, 1.165) is 40.9 Å². The van der Waals surface area contributed by atoms with Crippen molar-refractivity contribution in [2.75, 3.05) is 6.54 Å². The zero-order valence-corrected chi connectivity index (χ0v) is 22.0. The Morgan fingerprint density at radius 1 is 1.19 bits per heavy atom. The Labute approximate surface area is 217 Å². The zero-order chi connectivity index (χ0) is 26.3. The van der Waals surface area contributed by atoms with Crippen molar-refractivity contribution in [2.45, 2.75) is 65.0 Å². The molecule has 1 aromatic carbocycles. The van der Waals surface area contributed by atoms with Crippen LogP contribution >= 0.6 is 0 Å². The molecule has 0 aliphatic carbocycles. The summed E-state index contributed by atoms with van der Waals surface area (Å²) in [7, 11) is 0. The standard InChI is InChI=1S/C29H33N5O3/c1-17(2)25(24-16-18(3)33-37-24)27(35)34-15-7-9-23(34)26-31-28(36)29(5,32-26)21-12-10-20(11-13-21)22-8-6-14-30-19(22)4/h6,8,10-14,16-17,23,25H,7,9,15H2,1-5H3,(H,31,32,36). The molecule has 0 radical (unpaired) electrons. The molecule has 1 fully saturated rings. The van der Waals surface area contributed by atoms with E-state index in [1.54, 1.807) is 6.20 Å². The summed E-state index contributed by atoms with van der Waals surface area (Å²) in [6.45, 7) is 10.3. The Kier molecular flexibility index (Phi) is 6.43. The fraction of sp³-hybridized carbons (Fsp3) is 0.414. The number of likely N-dealkylation sites (tertiary alicyclic amines) is 1. The van der Waals surface area contributed by atoms with Crippen molar-refractivity contribution in [1.29, 1.82) is 0 Å². The smallest absolute Gasteiger partial charge is 0.257 e. The minimum atomic E-state index is -1.06. The lowest BCUT2D eigenvalue weighted by molar-refractivity contribution is -0.134. The van der Waals surface area contributed by atoms with E-state index in [0.29, 0.717) is 18.1 Å². The lowest BCUT2D eigenvalue weighted by Crippen LogP contribution is -2.48. The average Bonchev–Trinajstić information content (AvgIpc) is 3.59. The molecule has 192 valence electrons. The SMILES string of the molecule is Cc1cc(C(C(=O)N2CCCC2C2=NC(C)(c3ccc(-c4cccnc4C)cc3)C(=O)N2)C(C)C)on1. The minimum Gasteiger partial charge on any atom is -0.360 e. The number of nitrogens with zero attached hydrogens (tertiary/aromatic N) is 4. The molecule has 5 rings (SSSR count). The van der Waals surface area contributed by atoms with Crippen LogP contribution in [0.1, 0.15) is 62.2 Å². The molecule has 0 spiro atoms. The second-order valence-electron chi connectivity index (χ2n) is 10.5. The second kappa shape index (κ2) is 9.57. The number of rotatable bonds is 6. The summed E-state index contributed by atoms with van der Waals surface area (Å²) in [5, 5.41) is 7.00. The van der Waals surface area contributed by atoms with Crippen LogP contribution in [0.4, 0.5) is 0 Å². The second-order valence-corrected chi connectivity index (χ2v) is 10.5. The molecule has 8 nitrogen and oxygen atoms in total. The van der Waals surface area contributed by atoms with Crippen LogP contribution < -0.4 is 5.32 Å². The highest BCUT2D eigenvalue weighted by Gasteiger charge is 2.46. The van der Waals surface area contributed by atoms with E-state index in [2.05, 4.69) is 15.5 Å². The number of aryl methyl sites for hydroxylation is 2. The van der Waals surface area contributed by atoms with Crippen LogP contribution in [0.15, 0.2) is 58.2 Å². The van der Waals surface area contributed by atoms with Gasteiger partial charge < -0.3 is 14.7 Å². The van der Waals surface area contributed by atoms with Gasteiger partial charge in [-0.3, -0.25) is 14.6 Å². The first-order chi connectivity index (χ1) is 17.7. The van der Waals surface area contributed by atoms with Gasteiger partial charge in [0.05, 0.1) is 11.7 Å². The summed E-state index contributed by atoms with van der Waals surface area (Å²) in [4.78, 5) is 38.1. The van der Waals surface area contributed by atoms with Gasteiger partial charge in [0, 0.05) is 30.1 Å². The molecule has 0 saturated carbocycles. The largest absolute Gasteiger partial charge is 0.360 e. The van der Waals surface area contributed by atoms with Gasteiger partial charge in [0.1, 0.15) is 17.5 Å². The number of benzene rings is 1. The van der Waals surface area contributed by atoms with Crippen LogP contribution in [0.3, 0.4) is 0 Å². The van der Waals surface area contributed by atoms with E-state index < -0.39 is 11.5 Å². The minimum absolute atomic E-state index is 0.0182. The molecule has 2 amide bonds. The molecule has 2 aliphatic heterocycles. The number of hydrogen-bond acceptors (Lipinski definition) is 6. The van der Waals surface area contributed by atoms with Gasteiger partial charge >= 0.3 is 0 Å². The predicted octanol–water partition coefficient (Wildman–Crippen LogP) is 4.53. The quantitative estimate of drug-likeness (QED) is 0.537. The van der Waals surface area contributed by atoms with Gasteiger partial charge in [-0.05, 0) is 56.7 Å². The summed E-state index contributed by atoms with van der Waals surface area (Å²) in [6.07, 6.45) is 3.38. The average molecular weight is 500 g/mol. The lowest BCUT2D eigenvalue weighted by atomic mass is 9.91. The molecule has 2 aliphatic rings. The number of aliphatic imine (C=N–C) groups is 1. The van der Waals surface area contributed by atoms with Crippen LogP contribution in [-0.2, 0) is 15.1 Å². The van der Waals surface area contributed by atoms with Crippen molar-refractivity contribution in [2.24, 2.45) is 10.9 Å². The van der Waals surface area contributed by atoms with E-state index in [4.69, 9.17) is 9.52 Å². The maximum absolute atomic E-state index is 13.7. The summed E-state index contributed by atoms with van der Waals surface area (Å²) < 4.78 is 5.48. The molecule has 3 atom stereocenters. The molecule has 1 saturated heterocycles. The number of amides is 2. The Morgan fingerprint density at radius 3 is 2.59 bits per heavy atom. The van der Waals surface area contributed by atoms with Crippen molar-refractivity contribution in [3.8, 4) is 11.1 Å². The fourth-order valence-electron chi connectivity index (χ4n) is 5.43. The van der Waals surface area contributed by atoms with E-state index in [1.165, 1.54) is 0 Å². The Bertz CT molecular complexity index is 1360. The highest BCUT2D eigenvalue weighted by molar-refractivity contribution is 6.11. The molecule has 2 aromatic heterocycles. The Balaban J connectivity index is 1.41. The molecule has 8 heteroatoms. The number of carbonyl (C=O) groups excluding carboxylic acids is 2. The molecular weight excluding hydrogens is 466 g/mol. The maximum Gasteiger partial charge on any atom is 0.257 e. The van der Waals surface area contributed by atoms with E-state index in [-0.39, 0.29) is 23.8 Å². The highest BCUT2D eigenvalue weighted by atomic mass is 16.5. The van der Waals surface area contributed by atoms with E-state index in [1.807, 2.05) is 82.0 Å². The summed E-state index contributed by atoms with van der Waals surface area (Å²) >= 11 is 0. The number of amidine groups is 1. The van der Waals surface area contributed by atoms with Gasteiger partial charge in [-0.25, -0.2) is 4.99 Å². The molecule has 37 heavy (non-hydrogen) atoms. The monoisotopic (exact) mass is 499 g/mol. The topological polar surface area (TPSA) is 101 Å². The van der Waals surface area contributed by atoms with Crippen molar-refractivity contribution in [3.63, 3.8) is 0 Å². The van der Waals surface area contributed by atoms with Gasteiger partial charge in [-0.1, -0.05) is 49.3 Å². The number of aromatic nitrogens is 2. The number of hydrogen-bond donors (Lipinski definition) is 1. The van der Waals surface area contributed by atoms with Crippen molar-refractivity contribution in [3.05, 3.63) is 71.4 Å². The van der Waals surface area contributed by atoms with E-state index >= 15 is 0 Å². The molecule has 3 aromatic rings. The molecule has 1 N–H and O–H groups in total. The lowest BCUT2D eigenvalue weighted by Gasteiger charge is -2.29. The van der Waals surface area contributed by atoms with E-state index in [9.17, 15) is 9.59 Å². The number of nitrogens with one attached hydrogen (secondary N) is 1. The zero-order valence-electron chi connectivity index (χ0n) is 22.0. The Hall–Kier alpha value is -3.81. The van der Waals surface area contributed by atoms with Crippen LogP contribution in [0, 0.1) is 19.8 Å².